The third kappa shape index (κ3) is 3.61. The molecule has 2 unspecified atom stereocenters. The van der Waals surface area contributed by atoms with Gasteiger partial charge in [0.2, 0.25) is 0 Å². The lowest BCUT2D eigenvalue weighted by Gasteiger charge is -2.40. The van der Waals surface area contributed by atoms with Crippen LogP contribution in [-0.4, -0.2) is 48.6 Å². The fourth-order valence-electron chi connectivity index (χ4n) is 2.96. The second-order valence-corrected chi connectivity index (χ2v) is 6.94. The summed E-state index contributed by atoms with van der Waals surface area (Å²) in [6.07, 6.45) is 2.37. The van der Waals surface area contributed by atoms with Crippen molar-refractivity contribution in [3.63, 3.8) is 0 Å². The maximum atomic E-state index is 6.06. The summed E-state index contributed by atoms with van der Waals surface area (Å²) in [6, 6.07) is 5.67. The average molecular weight is 295 g/mol. The number of piperazine rings is 1. The second-order valence-electron chi connectivity index (χ2n) is 5.74. The molecule has 0 bridgehead atoms. The van der Waals surface area contributed by atoms with Crippen LogP contribution >= 0.6 is 11.3 Å². The highest BCUT2D eigenvalue weighted by Crippen LogP contribution is 2.28. The zero-order valence-corrected chi connectivity index (χ0v) is 14.0. The summed E-state index contributed by atoms with van der Waals surface area (Å²) in [5, 5.41) is 0. The molecule has 1 aliphatic heterocycles. The number of thiophene rings is 1. The quantitative estimate of drug-likeness (QED) is 0.876. The van der Waals surface area contributed by atoms with Crippen molar-refractivity contribution in [2.24, 2.45) is 5.73 Å². The predicted molar refractivity (Wildman–Crippen MR) is 88.4 cm³/mol. The minimum Gasteiger partial charge on any atom is -0.329 e. The predicted octanol–water partition coefficient (Wildman–Crippen LogP) is 2.73. The molecular formula is C16H29N3S. The van der Waals surface area contributed by atoms with Crippen LogP contribution in [0.25, 0.3) is 0 Å². The molecule has 3 nitrogen and oxygen atoms in total. The van der Waals surface area contributed by atoms with E-state index < -0.39 is 0 Å². The van der Waals surface area contributed by atoms with E-state index >= 15 is 0 Å². The van der Waals surface area contributed by atoms with Crippen molar-refractivity contribution >= 4 is 11.3 Å². The van der Waals surface area contributed by atoms with Crippen molar-refractivity contribution in [1.29, 1.82) is 0 Å². The Morgan fingerprint density at radius 2 is 1.80 bits per heavy atom. The first-order valence-corrected chi connectivity index (χ1v) is 8.78. The average Bonchev–Trinajstić information content (AvgIpc) is 2.96. The highest BCUT2D eigenvalue weighted by Gasteiger charge is 2.26. The van der Waals surface area contributed by atoms with Gasteiger partial charge < -0.3 is 5.73 Å². The molecule has 1 aromatic heterocycles. The molecule has 2 heterocycles. The molecule has 0 saturated carbocycles. The number of hydrogen-bond donors (Lipinski definition) is 1. The molecule has 0 spiro atoms. The fourth-order valence-corrected chi connectivity index (χ4v) is 4.06. The van der Waals surface area contributed by atoms with Crippen LogP contribution in [0.15, 0.2) is 12.1 Å². The number of nitrogens with two attached hydrogens (primary N) is 1. The first kappa shape index (κ1) is 16.0. The lowest BCUT2D eigenvalue weighted by atomic mass is 10.1. The van der Waals surface area contributed by atoms with Crippen LogP contribution in [0.3, 0.4) is 0 Å². The van der Waals surface area contributed by atoms with Gasteiger partial charge in [-0.2, -0.15) is 0 Å². The van der Waals surface area contributed by atoms with E-state index in [1.54, 1.807) is 0 Å². The van der Waals surface area contributed by atoms with Crippen LogP contribution in [0.4, 0.5) is 0 Å². The van der Waals surface area contributed by atoms with Crippen LogP contribution in [0.2, 0.25) is 0 Å². The van der Waals surface area contributed by atoms with Gasteiger partial charge in [-0.1, -0.05) is 13.8 Å². The van der Waals surface area contributed by atoms with Gasteiger partial charge in [-0.15, -0.1) is 11.3 Å². The Bertz CT molecular complexity index is 396. The lowest BCUT2D eigenvalue weighted by molar-refractivity contribution is 0.0753. The molecule has 4 heteroatoms. The van der Waals surface area contributed by atoms with Crippen LogP contribution in [-0.2, 0) is 6.42 Å². The largest absolute Gasteiger partial charge is 0.329 e. The SMILES string of the molecule is CCc1ccc(C(CN)N2CCN(C(C)CC)CC2)s1. The number of nitrogens with zero attached hydrogens (tertiary/aromatic N) is 2. The van der Waals surface area contributed by atoms with Gasteiger partial charge in [-0.3, -0.25) is 9.80 Å². The fraction of sp³-hybridized carbons (Fsp3) is 0.750. The molecule has 2 atom stereocenters. The maximum absolute atomic E-state index is 6.06. The van der Waals surface area contributed by atoms with E-state index in [1.807, 2.05) is 11.3 Å². The smallest absolute Gasteiger partial charge is 0.0565 e. The van der Waals surface area contributed by atoms with E-state index in [9.17, 15) is 0 Å². The first-order valence-electron chi connectivity index (χ1n) is 7.96. The van der Waals surface area contributed by atoms with Gasteiger partial charge in [0, 0.05) is 48.5 Å². The van der Waals surface area contributed by atoms with Gasteiger partial charge in [-0.25, -0.2) is 0 Å². The monoisotopic (exact) mass is 295 g/mol. The highest BCUT2D eigenvalue weighted by atomic mass is 32.1. The Labute approximate surface area is 127 Å². The van der Waals surface area contributed by atoms with Crippen LogP contribution in [0.5, 0.6) is 0 Å². The van der Waals surface area contributed by atoms with Crippen molar-refractivity contribution in [2.75, 3.05) is 32.7 Å². The van der Waals surface area contributed by atoms with E-state index in [-0.39, 0.29) is 0 Å². The number of aryl methyl sites for hydroxylation is 1. The van der Waals surface area contributed by atoms with Gasteiger partial charge in [-0.05, 0) is 31.9 Å². The van der Waals surface area contributed by atoms with E-state index in [0.717, 1.165) is 26.1 Å². The third-order valence-electron chi connectivity index (χ3n) is 4.59. The molecule has 0 radical (unpaired) electrons. The summed E-state index contributed by atoms with van der Waals surface area (Å²) >= 11 is 1.94. The molecular weight excluding hydrogens is 266 g/mol. The molecule has 2 N–H and O–H groups in total. The highest BCUT2D eigenvalue weighted by molar-refractivity contribution is 7.12. The Morgan fingerprint density at radius 1 is 1.15 bits per heavy atom. The standard InChI is InChI=1S/C16H29N3S/c1-4-13(3)18-8-10-19(11-9-18)15(12-17)16-7-6-14(5-2)20-16/h6-7,13,15H,4-5,8-12,17H2,1-3H3. The zero-order valence-electron chi connectivity index (χ0n) is 13.1. The van der Waals surface area contributed by atoms with E-state index in [0.29, 0.717) is 12.1 Å². The molecule has 2 rings (SSSR count). The molecule has 1 aliphatic rings. The van der Waals surface area contributed by atoms with Crippen LogP contribution in [0, 0.1) is 0 Å². The molecule has 1 saturated heterocycles. The summed E-state index contributed by atoms with van der Waals surface area (Å²) in [4.78, 5) is 8.10. The van der Waals surface area contributed by atoms with E-state index in [2.05, 4.69) is 42.7 Å². The molecule has 1 aromatic rings. The number of rotatable bonds is 6. The first-order chi connectivity index (χ1) is 9.69. The molecule has 114 valence electrons. The molecule has 20 heavy (non-hydrogen) atoms. The van der Waals surface area contributed by atoms with E-state index in [1.165, 1.54) is 29.3 Å². The minimum absolute atomic E-state index is 0.416. The zero-order chi connectivity index (χ0) is 14.5. The summed E-state index contributed by atoms with van der Waals surface area (Å²) in [7, 11) is 0. The minimum atomic E-state index is 0.416. The summed E-state index contributed by atoms with van der Waals surface area (Å²) in [5.74, 6) is 0. The van der Waals surface area contributed by atoms with Crippen molar-refractivity contribution in [3.8, 4) is 0 Å². The number of hydrogen-bond acceptors (Lipinski definition) is 4. The Morgan fingerprint density at radius 3 is 2.30 bits per heavy atom. The topological polar surface area (TPSA) is 32.5 Å². The lowest BCUT2D eigenvalue weighted by Crippen LogP contribution is -2.51. The Balaban J connectivity index is 1.96. The molecule has 0 aromatic carbocycles. The van der Waals surface area contributed by atoms with Crippen molar-refractivity contribution in [2.45, 2.75) is 45.7 Å². The second kappa shape index (κ2) is 7.55. The maximum Gasteiger partial charge on any atom is 0.0565 e. The van der Waals surface area contributed by atoms with E-state index in [4.69, 9.17) is 5.73 Å². The van der Waals surface area contributed by atoms with Gasteiger partial charge in [0.1, 0.15) is 0 Å². The summed E-state index contributed by atoms with van der Waals surface area (Å²) < 4.78 is 0. The van der Waals surface area contributed by atoms with Gasteiger partial charge in [0.05, 0.1) is 6.04 Å². The molecule has 0 amide bonds. The van der Waals surface area contributed by atoms with Gasteiger partial charge >= 0.3 is 0 Å². The summed E-state index contributed by atoms with van der Waals surface area (Å²) in [6.45, 7) is 12.2. The Kier molecular flexibility index (Phi) is 6.02. The van der Waals surface area contributed by atoms with Crippen molar-refractivity contribution in [1.82, 2.24) is 9.80 Å². The van der Waals surface area contributed by atoms with Crippen LogP contribution < -0.4 is 5.73 Å². The van der Waals surface area contributed by atoms with Gasteiger partial charge in [0.25, 0.3) is 0 Å². The molecule has 1 fully saturated rings. The Hall–Kier alpha value is -0.420. The van der Waals surface area contributed by atoms with Gasteiger partial charge in [0.15, 0.2) is 0 Å². The third-order valence-corrected chi connectivity index (χ3v) is 5.92. The normalized spacial score (nSPS) is 21.0. The van der Waals surface area contributed by atoms with Crippen molar-refractivity contribution < 1.29 is 0 Å². The summed E-state index contributed by atoms with van der Waals surface area (Å²) in [5.41, 5.74) is 6.06. The van der Waals surface area contributed by atoms with Crippen molar-refractivity contribution in [3.05, 3.63) is 21.9 Å². The van der Waals surface area contributed by atoms with Crippen LogP contribution in [0.1, 0.15) is 43.0 Å². The molecule has 0 aliphatic carbocycles.